The minimum Gasteiger partial charge on any atom is -0.405 e. The van der Waals surface area contributed by atoms with Gasteiger partial charge in [0.25, 0.3) is 8.32 Å². The fourth-order valence-electron chi connectivity index (χ4n) is 6.50. The third kappa shape index (κ3) is 6.75. The van der Waals surface area contributed by atoms with Crippen molar-refractivity contribution in [2.24, 2.45) is 0 Å². The van der Waals surface area contributed by atoms with Gasteiger partial charge < -0.3 is 24.1 Å². The van der Waals surface area contributed by atoms with E-state index in [2.05, 4.69) is 74.6 Å². The first-order valence-electron chi connectivity index (χ1n) is 15.4. The van der Waals surface area contributed by atoms with E-state index in [4.69, 9.17) is 13.9 Å². The quantitative estimate of drug-likeness (QED) is 0.194. The lowest BCUT2D eigenvalue weighted by molar-refractivity contribution is -0.109. The zero-order valence-electron chi connectivity index (χ0n) is 25.9. The molecule has 4 aromatic carbocycles. The molecule has 0 unspecified atom stereocenters. The molecule has 1 aliphatic heterocycles. The number of ether oxygens (including phenoxy) is 2. The number of rotatable bonds is 13. The molecule has 0 radical (unpaired) electrons. The van der Waals surface area contributed by atoms with Gasteiger partial charge >= 0.3 is 0 Å². The lowest BCUT2D eigenvalue weighted by Crippen LogP contribution is -2.69. The lowest BCUT2D eigenvalue weighted by atomic mass is 9.94. The first-order valence-corrected chi connectivity index (χ1v) is 17.3. The Morgan fingerprint density at radius 3 is 1.57 bits per heavy atom. The predicted octanol–water partition coefficient (Wildman–Crippen LogP) is 4.43. The Bertz CT molecular complexity index is 1380. The molecule has 4 aromatic rings. The number of hydrogen-bond acceptors (Lipinski definition) is 6. The van der Waals surface area contributed by atoms with Crippen molar-refractivity contribution in [3.8, 4) is 0 Å². The number of nitrogens with one attached hydrogen (secondary N) is 1. The molecule has 0 bridgehead atoms. The fourth-order valence-corrected chi connectivity index (χ4v) is 11.1. The van der Waals surface area contributed by atoms with Crippen molar-refractivity contribution < 1.29 is 24.1 Å². The molecule has 7 heteroatoms. The molecule has 232 valence electrons. The summed E-state index contributed by atoms with van der Waals surface area (Å²) in [5, 5.41) is 27.4. The van der Waals surface area contributed by atoms with Crippen LogP contribution in [0.3, 0.4) is 0 Å². The van der Waals surface area contributed by atoms with Crippen LogP contribution in [0.5, 0.6) is 0 Å². The third-order valence-electron chi connectivity index (χ3n) is 8.71. The Morgan fingerprint density at radius 2 is 1.14 bits per heavy atom. The molecule has 44 heavy (non-hydrogen) atoms. The summed E-state index contributed by atoms with van der Waals surface area (Å²) in [6.07, 6.45) is -1.13. The van der Waals surface area contributed by atoms with Gasteiger partial charge in [-0.1, -0.05) is 142 Å². The van der Waals surface area contributed by atoms with Gasteiger partial charge in [0.15, 0.2) is 0 Å². The molecule has 1 aliphatic rings. The van der Waals surface area contributed by atoms with Crippen molar-refractivity contribution in [1.82, 2.24) is 5.32 Å². The zero-order chi connectivity index (χ0) is 31.0. The average molecular weight is 612 g/mol. The van der Waals surface area contributed by atoms with E-state index >= 15 is 0 Å². The van der Waals surface area contributed by atoms with Crippen LogP contribution in [0.25, 0.3) is 0 Å². The SMILES string of the molecule is CC(C)(C)[Si](OC[C@@]1(CO)N[C@@H](CO)[C@@H](OCc2ccccc2)[C@@H]1OCc1ccccc1)(c1ccccc1)c1ccccc1. The fraction of sp³-hybridized carbons (Fsp3) is 0.351. The lowest BCUT2D eigenvalue weighted by Gasteiger charge is -2.46. The minimum absolute atomic E-state index is 0.165. The highest BCUT2D eigenvalue weighted by Crippen LogP contribution is 2.39. The van der Waals surface area contributed by atoms with Crippen molar-refractivity contribution >= 4 is 18.7 Å². The van der Waals surface area contributed by atoms with E-state index in [1.807, 2.05) is 72.8 Å². The molecule has 1 heterocycles. The molecule has 0 amide bonds. The maximum absolute atomic E-state index is 11.2. The van der Waals surface area contributed by atoms with Gasteiger partial charge in [0, 0.05) is 0 Å². The molecular formula is C37H45NO5Si. The highest BCUT2D eigenvalue weighted by molar-refractivity contribution is 6.99. The molecule has 0 spiro atoms. The Labute approximate surface area is 262 Å². The smallest absolute Gasteiger partial charge is 0.261 e. The van der Waals surface area contributed by atoms with Crippen molar-refractivity contribution in [1.29, 1.82) is 0 Å². The third-order valence-corrected chi connectivity index (χ3v) is 13.7. The van der Waals surface area contributed by atoms with Crippen LogP contribution < -0.4 is 15.7 Å². The second kappa shape index (κ2) is 14.3. The van der Waals surface area contributed by atoms with Gasteiger partial charge in [-0.05, 0) is 26.5 Å². The number of benzene rings is 4. The van der Waals surface area contributed by atoms with E-state index in [1.165, 1.54) is 0 Å². The van der Waals surface area contributed by atoms with Crippen LogP contribution in [0.1, 0.15) is 31.9 Å². The summed E-state index contributed by atoms with van der Waals surface area (Å²) in [7, 11) is -2.93. The predicted molar refractivity (Wildman–Crippen MR) is 177 cm³/mol. The summed E-state index contributed by atoms with van der Waals surface area (Å²) in [4.78, 5) is 0. The largest absolute Gasteiger partial charge is 0.405 e. The van der Waals surface area contributed by atoms with Gasteiger partial charge in [0.2, 0.25) is 0 Å². The molecular weight excluding hydrogens is 566 g/mol. The van der Waals surface area contributed by atoms with E-state index in [1.54, 1.807) is 0 Å². The Hall–Kier alpha value is -3.14. The van der Waals surface area contributed by atoms with E-state index < -0.39 is 32.1 Å². The van der Waals surface area contributed by atoms with Crippen LogP contribution in [0.2, 0.25) is 5.04 Å². The molecule has 5 rings (SSSR count). The molecule has 1 saturated heterocycles. The summed E-state index contributed by atoms with van der Waals surface area (Å²) < 4.78 is 20.5. The van der Waals surface area contributed by atoms with Crippen molar-refractivity contribution in [2.75, 3.05) is 19.8 Å². The zero-order valence-corrected chi connectivity index (χ0v) is 26.9. The average Bonchev–Trinajstić information content (AvgIpc) is 3.37. The number of hydrogen-bond donors (Lipinski definition) is 3. The molecule has 3 N–H and O–H groups in total. The number of aliphatic hydroxyl groups excluding tert-OH is 2. The molecule has 0 aromatic heterocycles. The van der Waals surface area contributed by atoms with E-state index in [-0.39, 0.29) is 24.9 Å². The van der Waals surface area contributed by atoms with E-state index in [9.17, 15) is 10.2 Å². The van der Waals surface area contributed by atoms with Crippen molar-refractivity contribution in [3.63, 3.8) is 0 Å². The monoisotopic (exact) mass is 611 g/mol. The second-order valence-electron chi connectivity index (χ2n) is 12.7. The van der Waals surface area contributed by atoms with Gasteiger partial charge in [0.05, 0.1) is 44.6 Å². The van der Waals surface area contributed by atoms with Crippen LogP contribution >= 0.6 is 0 Å². The number of aliphatic hydroxyl groups is 2. The normalized spacial score (nSPS) is 22.2. The summed E-state index contributed by atoms with van der Waals surface area (Å²) >= 11 is 0. The van der Waals surface area contributed by atoms with Crippen molar-refractivity contribution in [2.45, 2.75) is 62.8 Å². The summed E-state index contributed by atoms with van der Waals surface area (Å²) in [6.45, 7) is 7.12. The highest BCUT2D eigenvalue weighted by atomic mass is 28.4. The van der Waals surface area contributed by atoms with Gasteiger partial charge in [0.1, 0.15) is 12.2 Å². The maximum Gasteiger partial charge on any atom is 0.261 e. The minimum atomic E-state index is -2.93. The van der Waals surface area contributed by atoms with Crippen LogP contribution in [0, 0.1) is 0 Å². The first kappa shape index (κ1) is 32.3. The molecule has 4 atom stereocenters. The van der Waals surface area contributed by atoms with Crippen LogP contribution in [-0.4, -0.2) is 62.1 Å². The summed E-state index contributed by atoms with van der Waals surface area (Å²) in [6, 6.07) is 40.4. The van der Waals surface area contributed by atoms with Crippen LogP contribution in [0.4, 0.5) is 0 Å². The standard InChI is InChI=1S/C37H45NO5Si/c1-36(2,3)44(31-20-12-6-13-21-31,32-22-14-7-15-23-32)43-28-37(27-40)35(42-26-30-18-10-5-11-19-30)34(33(24-39)38-37)41-25-29-16-8-4-9-17-29/h4-23,33-35,38-40H,24-28H2,1-3H3/t33-,34+,35-,37+/m0/s1. The first-order chi connectivity index (χ1) is 21.3. The van der Waals surface area contributed by atoms with Crippen LogP contribution in [0.15, 0.2) is 121 Å². The molecule has 0 saturated carbocycles. The van der Waals surface area contributed by atoms with Crippen molar-refractivity contribution in [3.05, 3.63) is 132 Å². The summed E-state index contributed by atoms with van der Waals surface area (Å²) in [5.74, 6) is 0. The molecule has 0 aliphatic carbocycles. The second-order valence-corrected chi connectivity index (χ2v) is 17.0. The van der Waals surface area contributed by atoms with Gasteiger partial charge in [-0.25, -0.2) is 0 Å². The topological polar surface area (TPSA) is 80.2 Å². The van der Waals surface area contributed by atoms with E-state index in [0.717, 1.165) is 21.5 Å². The van der Waals surface area contributed by atoms with Crippen LogP contribution in [-0.2, 0) is 27.1 Å². The Morgan fingerprint density at radius 1 is 0.682 bits per heavy atom. The van der Waals surface area contributed by atoms with Gasteiger partial charge in [-0.2, -0.15) is 0 Å². The molecule has 1 fully saturated rings. The van der Waals surface area contributed by atoms with Gasteiger partial charge in [-0.15, -0.1) is 0 Å². The van der Waals surface area contributed by atoms with Gasteiger partial charge in [-0.3, -0.25) is 5.32 Å². The Balaban J connectivity index is 1.53. The maximum atomic E-state index is 11.2. The summed E-state index contributed by atoms with van der Waals surface area (Å²) in [5.41, 5.74) is 1.01. The Kier molecular flexibility index (Phi) is 10.5. The molecule has 6 nitrogen and oxygen atoms in total. The highest BCUT2D eigenvalue weighted by Gasteiger charge is 2.58. The van der Waals surface area contributed by atoms with E-state index in [0.29, 0.717) is 13.2 Å².